The van der Waals surface area contributed by atoms with Gasteiger partial charge in [-0.25, -0.2) is 5.01 Å². The lowest BCUT2D eigenvalue weighted by molar-refractivity contribution is -0.0203. The van der Waals surface area contributed by atoms with Gasteiger partial charge in [0.05, 0.1) is 24.4 Å². The van der Waals surface area contributed by atoms with E-state index in [-0.39, 0.29) is 12.3 Å². The minimum Gasteiger partial charge on any atom is -0.496 e. The van der Waals surface area contributed by atoms with Crippen molar-refractivity contribution in [2.75, 3.05) is 7.11 Å². The van der Waals surface area contributed by atoms with Crippen LogP contribution >= 0.6 is 0 Å². The lowest BCUT2D eigenvalue weighted by atomic mass is 9.95. The molecule has 0 radical (unpaired) electrons. The first kappa shape index (κ1) is 18.0. The molecule has 31 heavy (non-hydrogen) atoms. The van der Waals surface area contributed by atoms with Crippen molar-refractivity contribution in [1.29, 1.82) is 0 Å². The average Bonchev–Trinajstić information content (AvgIpc) is 3.29. The SMILES string of the molecule is COc1ccccc1[C@@H]1Oc2ccccc2[C@H]2CC(c3ccc4ccccc4c3)=NN21. The molecule has 2 aliphatic rings. The highest BCUT2D eigenvalue weighted by Crippen LogP contribution is 2.48. The summed E-state index contributed by atoms with van der Waals surface area (Å²) >= 11 is 0. The Kier molecular flexibility index (Phi) is 4.17. The molecule has 0 bridgehead atoms. The number of nitrogens with zero attached hydrogens (tertiary/aromatic N) is 2. The lowest BCUT2D eigenvalue weighted by Crippen LogP contribution is -2.33. The predicted octanol–water partition coefficient (Wildman–Crippen LogP) is 6.09. The Morgan fingerprint density at radius 1 is 0.839 bits per heavy atom. The van der Waals surface area contributed by atoms with E-state index >= 15 is 0 Å². The van der Waals surface area contributed by atoms with Gasteiger partial charge >= 0.3 is 0 Å². The van der Waals surface area contributed by atoms with Crippen molar-refractivity contribution in [3.63, 3.8) is 0 Å². The molecule has 0 unspecified atom stereocenters. The highest BCUT2D eigenvalue weighted by atomic mass is 16.5. The van der Waals surface area contributed by atoms with Crippen LogP contribution in [0, 0.1) is 0 Å². The first-order chi connectivity index (χ1) is 15.3. The molecule has 4 nitrogen and oxygen atoms in total. The molecule has 4 aromatic carbocycles. The molecule has 4 aromatic rings. The van der Waals surface area contributed by atoms with Gasteiger partial charge in [0.1, 0.15) is 11.5 Å². The molecule has 6 rings (SSSR count). The van der Waals surface area contributed by atoms with Crippen molar-refractivity contribution >= 4 is 16.5 Å². The largest absolute Gasteiger partial charge is 0.496 e. The molecule has 152 valence electrons. The van der Waals surface area contributed by atoms with Crippen LogP contribution in [0.2, 0.25) is 0 Å². The summed E-state index contributed by atoms with van der Waals surface area (Å²) in [4.78, 5) is 0. The van der Waals surface area contributed by atoms with E-state index in [4.69, 9.17) is 14.6 Å². The number of hydrazone groups is 1. The normalized spacial score (nSPS) is 19.4. The van der Waals surface area contributed by atoms with E-state index in [2.05, 4.69) is 65.7 Å². The van der Waals surface area contributed by atoms with Crippen molar-refractivity contribution in [2.24, 2.45) is 5.10 Å². The zero-order chi connectivity index (χ0) is 20.8. The van der Waals surface area contributed by atoms with E-state index in [1.807, 2.05) is 30.3 Å². The maximum Gasteiger partial charge on any atom is 0.217 e. The molecule has 4 heteroatoms. The Morgan fingerprint density at radius 2 is 1.58 bits per heavy atom. The van der Waals surface area contributed by atoms with E-state index in [0.717, 1.165) is 34.8 Å². The second-order valence-corrected chi connectivity index (χ2v) is 7.96. The molecular weight excluding hydrogens is 384 g/mol. The van der Waals surface area contributed by atoms with Crippen molar-refractivity contribution < 1.29 is 9.47 Å². The van der Waals surface area contributed by atoms with Gasteiger partial charge < -0.3 is 9.47 Å². The smallest absolute Gasteiger partial charge is 0.217 e. The number of hydrogen-bond donors (Lipinski definition) is 0. The lowest BCUT2D eigenvalue weighted by Gasteiger charge is -2.38. The van der Waals surface area contributed by atoms with E-state index in [0.29, 0.717) is 0 Å². The Morgan fingerprint density at radius 3 is 2.45 bits per heavy atom. The van der Waals surface area contributed by atoms with Crippen LogP contribution in [0.25, 0.3) is 10.8 Å². The third-order valence-corrected chi connectivity index (χ3v) is 6.19. The fourth-order valence-electron chi connectivity index (χ4n) is 4.65. The van der Waals surface area contributed by atoms with Gasteiger partial charge in [-0.2, -0.15) is 5.10 Å². The number of methoxy groups -OCH3 is 1. The van der Waals surface area contributed by atoms with Gasteiger partial charge in [-0.3, -0.25) is 0 Å². The standard InChI is InChI=1S/C27H22N2O2/c1-30-25-12-6-5-11-22(25)27-29-24(21-10-4-7-13-26(21)31-27)17-23(28-29)20-15-14-18-8-2-3-9-19(18)16-20/h2-16,24,27H,17H2,1H3/t24-,27+/m1/s1. The van der Waals surface area contributed by atoms with Crippen molar-refractivity contribution in [3.05, 3.63) is 108 Å². The molecule has 0 aliphatic carbocycles. The van der Waals surface area contributed by atoms with Crippen LogP contribution < -0.4 is 9.47 Å². The molecule has 2 heterocycles. The molecule has 0 fully saturated rings. The average molecular weight is 406 g/mol. The maximum absolute atomic E-state index is 6.47. The Hall–Kier alpha value is -3.79. The summed E-state index contributed by atoms with van der Waals surface area (Å²) in [7, 11) is 1.70. The van der Waals surface area contributed by atoms with Gasteiger partial charge in [-0.1, -0.05) is 66.7 Å². The molecule has 0 saturated carbocycles. The summed E-state index contributed by atoms with van der Waals surface area (Å²) in [5, 5.41) is 9.66. The van der Waals surface area contributed by atoms with Gasteiger partial charge in [0.15, 0.2) is 0 Å². The highest BCUT2D eigenvalue weighted by Gasteiger charge is 2.41. The Labute approximate surface area is 181 Å². The minimum atomic E-state index is -0.339. The third kappa shape index (κ3) is 2.95. The van der Waals surface area contributed by atoms with Crippen LogP contribution in [0.5, 0.6) is 11.5 Å². The van der Waals surface area contributed by atoms with Crippen LogP contribution in [-0.2, 0) is 0 Å². The zero-order valence-corrected chi connectivity index (χ0v) is 17.2. The quantitative estimate of drug-likeness (QED) is 0.413. The number of benzene rings is 4. The summed E-state index contributed by atoms with van der Waals surface area (Å²) in [6.45, 7) is 0. The van der Waals surface area contributed by atoms with Gasteiger partial charge in [-0.15, -0.1) is 0 Å². The van der Waals surface area contributed by atoms with Gasteiger partial charge in [0.25, 0.3) is 0 Å². The summed E-state index contributed by atoms with van der Waals surface area (Å²) < 4.78 is 12.1. The predicted molar refractivity (Wildman–Crippen MR) is 122 cm³/mol. The molecular formula is C27H22N2O2. The van der Waals surface area contributed by atoms with Crippen LogP contribution in [0.4, 0.5) is 0 Å². The van der Waals surface area contributed by atoms with Crippen LogP contribution in [-0.4, -0.2) is 17.8 Å². The van der Waals surface area contributed by atoms with Gasteiger partial charge in [0, 0.05) is 12.0 Å². The number of rotatable bonds is 3. The number of hydrogen-bond acceptors (Lipinski definition) is 4. The summed E-state index contributed by atoms with van der Waals surface area (Å²) in [6.07, 6.45) is 0.499. The Balaban J connectivity index is 1.46. The maximum atomic E-state index is 6.47. The first-order valence-corrected chi connectivity index (χ1v) is 10.6. The van der Waals surface area contributed by atoms with Gasteiger partial charge in [0.2, 0.25) is 6.23 Å². The number of ether oxygens (including phenoxy) is 2. The first-order valence-electron chi connectivity index (χ1n) is 10.6. The minimum absolute atomic E-state index is 0.126. The van der Waals surface area contributed by atoms with E-state index in [1.165, 1.54) is 16.3 Å². The molecule has 0 spiro atoms. The van der Waals surface area contributed by atoms with Crippen molar-refractivity contribution in [2.45, 2.75) is 18.7 Å². The number of fused-ring (bicyclic) bond motifs is 4. The van der Waals surface area contributed by atoms with E-state index in [9.17, 15) is 0 Å². The number of para-hydroxylation sites is 2. The second kappa shape index (κ2) is 7.17. The van der Waals surface area contributed by atoms with Crippen molar-refractivity contribution in [3.8, 4) is 11.5 Å². The third-order valence-electron chi connectivity index (χ3n) is 6.19. The molecule has 0 aromatic heterocycles. The fraction of sp³-hybridized carbons (Fsp3) is 0.148. The van der Waals surface area contributed by atoms with Crippen LogP contribution in [0.15, 0.2) is 96.1 Å². The summed E-state index contributed by atoms with van der Waals surface area (Å²) in [6, 6.07) is 31.4. The monoisotopic (exact) mass is 406 g/mol. The molecule has 2 aliphatic heterocycles. The van der Waals surface area contributed by atoms with Crippen LogP contribution in [0.1, 0.15) is 35.4 Å². The van der Waals surface area contributed by atoms with E-state index in [1.54, 1.807) is 7.11 Å². The van der Waals surface area contributed by atoms with Crippen LogP contribution in [0.3, 0.4) is 0 Å². The van der Waals surface area contributed by atoms with Gasteiger partial charge in [-0.05, 0) is 40.6 Å². The molecule has 0 N–H and O–H groups in total. The topological polar surface area (TPSA) is 34.1 Å². The summed E-state index contributed by atoms with van der Waals surface area (Å²) in [5.74, 6) is 1.72. The molecule has 0 amide bonds. The highest BCUT2D eigenvalue weighted by molar-refractivity contribution is 6.04. The zero-order valence-electron chi connectivity index (χ0n) is 17.2. The summed E-state index contributed by atoms with van der Waals surface area (Å²) in [5.41, 5.74) is 4.39. The fourth-order valence-corrected chi connectivity index (χ4v) is 4.65. The second-order valence-electron chi connectivity index (χ2n) is 7.96. The Bertz CT molecular complexity index is 1310. The van der Waals surface area contributed by atoms with E-state index < -0.39 is 0 Å². The molecule has 0 saturated heterocycles. The molecule has 2 atom stereocenters. The van der Waals surface area contributed by atoms with Crippen molar-refractivity contribution in [1.82, 2.24) is 5.01 Å².